The summed E-state index contributed by atoms with van der Waals surface area (Å²) in [7, 11) is 0. The van der Waals surface area contributed by atoms with Crippen molar-refractivity contribution in [2.45, 2.75) is 38.3 Å². The maximum atomic E-state index is 12.6. The van der Waals surface area contributed by atoms with Crippen molar-refractivity contribution in [3.05, 3.63) is 29.8 Å². The summed E-state index contributed by atoms with van der Waals surface area (Å²) in [6.45, 7) is 4.60. The lowest BCUT2D eigenvalue weighted by atomic mass is 9.95. The number of hydrogen-bond acceptors (Lipinski definition) is 4. The second-order valence-corrected chi connectivity index (χ2v) is 6.72. The first-order valence-corrected chi connectivity index (χ1v) is 8.80. The molecule has 1 atom stereocenters. The number of nitrogens with zero attached hydrogens (tertiary/aromatic N) is 1. The summed E-state index contributed by atoms with van der Waals surface area (Å²) in [5.74, 6) is 0.121. The van der Waals surface area contributed by atoms with E-state index in [9.17, 15) is 18.0 Å². The molecule has 1 unspecified atom stereocenters. The molecular weight excluding hydrogens is 349 g/mol. The summed E-state index contributed by atoms with van der Waals surface area (Å²) >= 11 is 0. The highest BCUT2D eigenvalue weighted by atomic mass is 19.4. The van der Waals surface area contributed by atoms with Gasteiger partial charge in [0.1, 0.15) is 0 Å². The average Bonchev–Trinajstić information content (AvgIpc) is 3.15. The Bertz CT molecular complexity index is 607. The van der Waals surface area contributed by atoms with Gasteiger partial charge in [0.05, 0.1) is 24.8 Å². The lowest BCUT2D eigenvalue weighted by molar-refractivity contribution is -0.137. The third kappa shape index (κ3) is 4.55. The normalized spacial score (nSPS) is 21.7. The summed E-state index contributed by atoms with van der Waals surface area (Å²) < 4.78 is 48.9. The topological polar surface area (TPSA) is 50.8 Å². The van der Waals surface area contributed by atoms with Gasteiger partial charge in [-0.25, -0.2) is 0 Å². The van der Waals surface area contributed by atoms with Crippen molar-refractivity contribution in [3.63, 3.8) is 0 Å². The number of halogens is 3. The molecule has 2 heterocycles. The van der Waals surface area contributed by atoms with Crippen LogP contribution in [0.15, 0.2) is 24.3 Å². The molecule has 0 radical (unpaired) electrons. The number of anilines is 1. The minimum atomic E-state index is -4.38. The van der Waals surface area contributed by atoms with E-state index in [0.717, 1.165) is 38.1 Å². The Morgan fingerprint density at radius 1 is 1.15 bits per heavy atom. The molecule has 2 aliphatic heterocycles. The van der Waals surface area contributed by atoms with Crippen LogP contribution in [-0.2, 0) is 20.4 Å². The van der Waals surface area contributed by atoms with E-state index in [1.807, 2.05) is 6.92 Å². The van der Waals surface area contributed by atoms with Crippen LogP contribution in [-0.4, -0.2) is 49.4 Å². The smallest absolute Gasteiger partial charge is 0.350 e. The fourth-order valence-electron chi connectivity index (χ4n) is 3.38. The molecule has 1 aromatic carbocycles. The zero-order chi connectivity index (χ0) is 18.7. The number of alkyl halides is 3. The Morgan fingerprint density at radius 3 is 2.27 bits per heavy atom. The molecule has 3 rings (SSSR count). The molecule has 2 saturated heterocycles. The fraction of sp³-hybridized carbons (Fsp3) is 0.611. The molecule has 26 heavy (non-hydrogen) atoms. The molecule has 2 fully saturated rings. The molecule has 1 amide bonds. The van der Waals surface area contributed by atoms with E-state index in [1.165, 1.54) is 12.1 Å². The molecular formula is C18H23F3N2O3. The molecule has 8 heteroatoms. The second-order valence-electron chi connectivity index (χ2n) is 6.72. The molecule has 0 aromatic heterocycles. The Morgan fingerprint density at radius 2 is 1.73 bits per heavy atom. The minimum Gasteiger partial charge on any atom is -0.350 e. The molecule has 0 spiro atoms. The van der Waals surface area contributed by atoms with Crippen LogP contribution < -0.4 is 5.32 Å². The number of amides is 1. The van der Waals surface area contributed by atoms with Crippen molar-refractivity contribution in [2.24, 2.45) is 5.92 Å². The minimum absolute atomic E-state index is 0.131. The molecule has 1 aromatic rings. The van der Waals surface area contributed by atoms with Gasteiger partial charge in [0.25, 0.3) is 0 Å². The molecule has 144 valence electrons. The van der Waals surface area contributed by atoms with E-state index < -0.39 is 11.7 Å². The summed E-state index contributed by atoms with van der Waals surface area (Å²) in [5.41, 5.74) is -0.375. The van der Waals surface area contributed by atoms with Crippen LogP contribution in [0.25, 0.3) is 0 Å². The standard InChI is InChI=1S/C18H23F3N2O3/c1-12(23-8-6-13(7-9-23)17-25-10-11-26-17)16(24)22-15-4-2-14(3-5-15)18(19,20)21/h2-5,12-13,17H,6-11H2,1H3,(H,22,24). The Kier molecular flexibility index (Phi) is 5.84. The molecule has 1 N–H and O–H groups in total. The van der Waals surface area contributed by atoms with Crippen LogP contribution in [0.2, 0.25) is 0 Å². The summed E-state index contributed by atoms with van der Waals surface area (Å²) in [4.78, 5) is 14.5. The number of nitrogens with one attached hydrogen (secondary N) is 1. The highest BCUT2D eigenvalue weighted by Crippen LogP contribution is 2.30. The van der Waals surface area contributed by atoms with Gasteiger partial charge in [-0.2, -0.15) is 13.2 Å². The van der Waals surface area contributed by atoms with Crippen LogP contribution in [0, 0.1) is 5.92 Å². The molecule has 0 aliphatic carbocycles. The van der Waals surface area contributed by atoms with Crippen molar-refractivity contribution >= 4 is 11.6 Å². The number of carbonyl (C=O) groups excluding carboxylic acids is 1. The molecule has 0 saturated carbocycles. The van der Waals surface area contributed by atoms with Crippen LogP contribution in [0.4, 0.5) is 18.9 Å². The summed E-state index contributed by atoms with van der Waals surface area (Å²) in [5, 5.41) is 2.69. The third-order valence-electron chi connectivity index (χ3n) is 5.01. The van der Waals surface area contributed by atoms with Crippen molar-refractivity contribution in [2.75, 3.05) is 31.6 Å². The van der Waals surface area contributed by atoms with Crippen molar-refractivity contribution < 1.29 is 27.4 Å². The summed E-state index contributed by atoms with van der Waals surface area (Å²) in [6.07, 6.45) is -2.73. The van der Waals surface area contributed by atoms with E-state index in [4.69, 9.17) is 9.47 Å². The zero-order valence-electron chi connectivity index (χ0n) is 14.6. The fourth-order valence-corrected chi connectivity index (χ4v) is 3.38. The van der Waals surface area contributed by atoms with E-state index in [2.05, 4.69) is 10.2 Å². The van der Waals surface area contributed by atoms with Crippen molar-refractivity contribution in [3.8, 4) is 0 Å². The summed E-state index contributed by atoms with van der Waals surface area (Å²) in [6, 6.07) is 4.12. The van der Waals surface area contributed by atoms with Crippen LogP contribution >= 0.6 is 0 Å². The van der Waals surface area contributed by atoms with Crippen LogP contribution in [0.3, 0.4) is 0 Å². The van der Waals surface area contributed by atoms with E-state index in [0.29, 0.717) is 24.8 Å². The Balaban J connectivity index is 1.50. The highest BCUT2D eigenvalue weighted by Gasteiger charge is 2.33. The van der Waals surface area contributed by atoms with Crippen LogP contribution in [0.1, 0.15) is 25.3 Å². The van der Waals surface area contributed by atoms with E-state index in [1.54, 1.807) is 0 Å². The molecule has 0 bridgehead atoms. The number of ether oxygens (including phenoxy) is 2. The lowest BCUT2D eigenvalue weighted by Crippen LogP contribution is -2.47. The number of carbonyl (C=O) groups is 1. The third-order valence-corrected chi connectivity index (χ3v) is 5.01. The van der Waals surface area contributed by atoms with E-state index >= 15 is 0 Å². The number of piperidine rings is 1. The van der Waals surface area contributed by atoms with Gasteiger partial charge in [-0.1, -0.05) is 0 Å². The van der Waals surface area contributed by atoms with Gasteiger partial charge < -0.3 is 14.8 Å². The number of likely N-dealkylation sites (tertiary alicyclic amines) is 1. The first-order valence-electron chi connectivity index (χ1n) is 8.80. The molecule has 5 nitrogen and oxygen atoms in total. The maximum Gasteiger partial charge on any atom is 0.416 e. The van der Waals surface area contributed by atoms with Gasteiger partial charge in [-0.3, -0.25) is 9.69 Å². The van der Waals surface area contributed by atoms with Crippen molar-refractivity contribution in [1.29, 1.82) is 0 Å². The molecule has 2 aliphatic rings. The Hall–Kier alpha value is -1.64. The average molecular weight is 372 g/mol. The lowest BCUT2D eigenvalue weighted by Gasteiger charge is -2.36. The second kappa shape index (κ2) is 7.94. The first kappa shape index (κ1) is 19.1. The van der Waals surface area contributed by atoms with Gasteiger partial charge in [-0.05, 0) is 57.1 Å². The Labute approximate surface area is 150 Å². The van der Waals surface area contributed by atoms with Crippen molar-refractivity contribution in [1.82, 2.24) is 4.90 Å². The van der Waals surface area contributed by atoms with Crippen LogP contribution in [0.5, 0.6) is 0 Å². The SMILES string of the molecule is CC(C(=O)Nc1ccc(C(F)(F)F)cc1)N1CCC(C2OCCO2)CC1. The maximum absolute atomic E-state index is 12.6. The van der Waals surface area contributed by atoms with Gasteiger partial charge in [0.15, 0.2) is 6.29 Å². The van der Waals surface area contributed by atoms with Gasteiger partial charge in [0, 0.05) is 11.6 Å². The predicted octanol–water partition coefficient (Wildman–Crippen LogP) is 3.12. The largest absolute Gasteiger partial charge is 0.416 e. The monoisotopic (exact) mass is 372 g/mol. The van der Waals surface area contributed by atoms with Gasteiger partial charge >= 0.3 is 6.18 Å². The zero-order valence-corrected chi connectivity index (χ0v) is 14.6. The number of benzene rings is 1. The number of hydrogen-bond donors (Lipinski definition) is 1. The predicted molar refractivity (Wildman–Crippen MR) is 89.5 cm³/mol. The first-order chi connectivity index (χ1) is 12.3. The van der Waals surface area contributed by atoms with Gasteiger partial charge in [-0.15, -0.1) is 0 Å². The van der Waals surface area contributed by atoms with Gasteiger partial charge in [0.2, 0.25) is 5.91 Å². The van der Waals surface area contributed by atoms with E-state index in [-0.39, 0.29) is 18.2 Å². The highest BCUT2D eigenvalue weighted by molar-refractivity contribution is 5.94. The quantitative estimate of drug-likeness (QED) is 0.882. The number of rotatable bonds is 4.